The van der Waals surface area contributed by atoms with E-state index in [-0.39, 0.29) is 94.1 Å². The Kier molecular flexibility index (Phi) is 18.2. The van der Waals surface area contributed by atoms with Gasteiger partial charge in [-0.15, -0.1) is 0 Å². The third-order valence-corrected chi connectivity index (χ3v) is 4.71. The first-order valence-corrected chi connectivity index (χ1v) is 10.3. The summed E-state index contributed by atoms with van der Waals surface area (Å²) in [6, 6.07) is -1.26. The molecule has 0 heterocycles. The third kappa shape index (κ3) is 14.8. The molecule has 0 fully saturated rings. The summed E-state index contributed by atoms with van der Waals surface area (Å²) in [6.45, 7) is 8.70. The molecule has 0 spiro atoms. The minimum atomic E-state index is -0.637. The predicted octanol–water partition coefficient (Wildman–Crippen LogP) is 1.26. The maximum absolute atomic E-state index is 12.5. The summed E-state index contributed by atoms with van der Waals surface area (Å²) in [5, 5.41) is 8.49. The number of carbonyl (C=O) groups excluding carboxylic acids is 5. The Hall–Kier alpha value is -1.12. The van der Waals surface area contributed by atoms with E-state index in [4.69, 9.17) is 0 Å². The zero-order valence-electron chi connectivity index (χ0n) is 18.7. The Balaban J connectivity index is 0. The minimum Gasteiger partial charge on any atom is -0.353 e. The fourth-order valence-corrected chi connectivity index (χ4v) is 2.93. The van der Waals surface area contributed by atoms with Crippen LogP contribution in [-0.4, -0.2) is 54.3 Å². The Morgan fingerprint density at radius 3 is 1.43 bits per heavy atom. The standard InChI is InChI=1S/C21H36N3O5.Y/c1-6-15(22-5)12-20(28)24-17(11-19(27)8-3)13-21(29)23-16(9-14(4)25)10-18(26)7-2;/h15-17,22H,4,6-13H2,1-3,5H3,(H,23,29)(H,24,28);/q-1;. The monoisotopic (exact) mass is 499 g/mol. The molecule has 0 aliphatic rings. The third-order valence-electron chi connectivity index (χ3n) is 4.71. The number of ketones is 3. The molecule has 0 aromatic carbocycles. The van der Waals surface area contributed by atoms with Gasteiger partial charge in [0.15, 0.2) is 0 Å². The van der Waals surface area contributed by atoms with E-state index in [0.29, 0.717) is 12.8 Å². The van der Waals surface area contributed by atoms with Crippen LogP contribution < -0.4 is 16.0 Å². The molecule has 3 unspecified atom stereocenters. The molecule has 0 saturated carbocycles. The fraction of sp³-hybridized carbons (Fsp3) is 0.714. The van der Waals surface area contributed by atoms with Gasteiger partial charge in [0, 0.05) is 89.4 Å². The molecule has 8 nitrogen and oxygen atoms in total. The molecule has 2 amide bonds. The summed E-state index contributed by atoms with van der Waals surface area (Å²) in [5.74, 6) is -1.16. The number of Topliss-reactive ketones (excluding diaryl/α,β-unsaturated/α-hetero) is 3. The van der Waals surface area contributed by atoms with E-state index in [0.717, 1.165) is 6.42 Å². The van der Waals surface area contributed by atoms with Crippen molar-refractivity contribution < 1.29 is 56.7 Å². The SMILES string of the molecule is [CH2-]C(=O)CC(CC(=O)CC)NC(=O)CC(CC(=O)CC)NC(=O)CC(CC)NC.[Y]. The van der Waals surface area contributed by atoms with E-state index in [1.54, 1.807) is 20.9 Å². The number of nitrogens with one attached hydrogen (secondary N) is 3. The maximum Gasteiger partial charge on any atom is 0.222 e. The number of amides is 2. The van der Waals surface area contributed by atoms with Gasteiger partial charge in [0.1, 0.15) is 11.6 Å². The molecule has 30 heavy (non-hydrogen) atoms. The Morgan fingerprint density at radius 1 is 0.700 bits per heavy atom. The van der Waals surface area contributed by atoms with Gasteiger partial charge in [-0.05, 0) is 25.7 Å². The summed E-state index contributed by atoms with van der Waals surface area (Å²) in [6.07, 6.45) is 1.60. The molecule has 1 radical (unpaired) electrons. The van der Waals surface area contributed by atoms with E-state index in [1.165, 1.54) is 0 Å². The van der Waals surface area contributed by atoms with Crippen LogP contribution in [0, 0.1) is 6.92 Å². The van der Waals surface area contributed by atoms with Crippen molar-refractivity contribution >= 4 is 29.2 Å². The largest absolute Gasteiger partial charge is 0.353 e. The van der Waals surface area contributed by atoms with Gasteiger partial charge in [0.05, 0.1) is 0 Å². The van der Waals surface area contributed by atoms with Crippen LogP contribution in [0.1, 0.15) is 72.1 Å². The molecule has 169 valence electrons. The van der Waals surface area contributed by atoms with E-state index in [2.05, 4.69) is 22.9 Å². The minimum absolute atomic E-state index is 0. The quantitative estimate of drug-likeness (QED) is 0.275. The van der Waals surface area contributed by atoms with Gasteiger partial charge < -0.3 is 27.7 Å². The molecule has 0 rings (SSSR count). The summed E-state index contributed by atoms with van der Waals surface area (Å²) >= 11 is 0. The Labute approximate surface area is 205 Å². The fourth-order valence-electron chi connectivity index (χ4n) is 2.93. The van der Waals surface area contributed by atoms with Crippen molar-refractivity contribution in [1.82, 2.24) is 16.0 Å². The average Bonchev–Trinajstić information content (AvgIpc) is 2.64. The predicted molar refractivity (Wildman–Crippen MR) is 111 cm³/mol. The van der Waals surface area contributed by atoms with E-state index >= 15 is 0 Å². The van der Waals surface area contributed by atoms with Crippen LogP contribution >= 0.6 is 0 Å². The van der Waals surface area contributed by atoms with Crippen LogP contribution in [0.4, 0.5) is 0 Å². The molecular weight excluding hydrogens is 463 g/mol. The van der Waals surface area contributed by atoms with Crippen molar-refractivity contribution in [1.29, 1.82) is 0 Å². The van der Waals surface area contributed by atoms with Crippen molar-refractivity contribution in [3.05, 3.63) is 6.92 Å². The molecule has 0 saturated heterocycles. The van der Waals surface area contributed by atoms with Gasteiger partial charge in [-0.2, -0.15) is 0 Å². The van der Waals surface area contributed by atoms with E-state index in [1.807, 2.05) is 6.92 Å². The number of hydrogen-bond donors (Lipinski definition) is 3. The maximum atomic E-state index is 12.5. The molecule has 0 aliphatic carbocycles. The molecule has 3 atom stereocenters. The topological polar surface area (TPSA) is 121 Å². The first-order valence-electron chi connectivity index (χ1n) is 10.3. The molecule has 0 aromatic rings. The smallest absolute Gasteiger partial charge is 0.222 e. The summed E-state index contributed by atoms with van der Waals surface area (Å²) < 4.78 is 0. The summed E-state index contributed by atoms with van der Waals surface area (Å²) in [5.41, 5.74) is 0. The molecule has 0 aliphatic heterocycles. The van der Waals surface area contributed by atoms with Crippen LogP contribution in [0.15, 0.2) is 0 Å². The second kappa shape index (κ2) is 17.6. The molecule has 3 N–H and O–H groups in total. The Morgan fingerprint density at radius 2 is 1.10 bits per heavy atom. The zero-order chi connectivity index (χ0) is 22.4. The second-order valence-electron chi connectivity index (χ2n) is 7.27. The molecule has 0 bridgehead atoms. The number of carbonyl (C=O) groups is 5. The number of hydrogen-bond acceptors (Lipinski definition) is 6. The van der Waals surface area contributed by atoms with Gasteiger partial charge in [-0.1, -0.05) is 20.8 Å². The van der Waals surface area contributed by atoms with Crippen LogP contribution in [0.2, 0.25) is 0 Å². The van der Waals surface area contributed by atoms with Crippen molar-refractivity contribution in [3.63, 3.8) is 0 Å². The van der Waals surface area contributed by atoms with E-state index < -0.39 is 18.0 Å². The molecular formula is C21H36N3O5Y-. The number of rotatable bonds is 16. The van der Waals surface area contributed by atoms with E-state index in [9.17, 15) is 24.0 Å². The van der Waals surface area contributed by atoms with Crippen molar-refractivity contribution in [2.45, 2.75) is 90.3 Å². The van der Waals surface area contributed by atoms with Crippen molar-refractivity contribution in [3.8, 4) is 0 Å². The van der Waals surface area contributed by atoms with Crippen LogP contribution in [-0.2, 0) is 56.7 Å². The van der Waals surface area contributed by atoms with Gasteiger partial charge >= 0.3 is 0 Å². The van der Waals surface area contributed by atoms with Gasteiger partial charge in [0.2, 0.25) is 11.8 Å². The van der Waals surface area contributed by atoms with Gasteiger partial charge in [0.25, 0.3) is 0 Å². The van der Waals surface area contributed by atoms with Gasteiger partial charge in [-0.25, -0.2) is 0 Å². The first kappa shape index (κ1) is 31.1. The molecule has 9 heteroatoms. The van der Waals surface area contributed by atoms with Crippen molar-refractivity contribution in [2.75, 3.05) is 7.05 Å². The zero-order valence-corrected chi connectivity index (χ0v) is 21.6. The first-order chi connectivity index (χ1) is 13.6. The normalized spacial score (nSPS) is 13.3. The average molecular weight is 499 g/mol. The molecule has 0 aromatic heterocycles. The summed E-state index contributed by atoms with van der Waals surface area (Å²) in [4.78, 5) is 59.7. The van der Waals surface area contributed by atoms with Crippen LogP contribution in [0.25, 0.3) is 0 Å². The van der Waals surface area contributed by atoms with Crippen LogP contribution in [0.5, 0.6) is 0 Å². The Bertz CT molecular complexity index is 579. The van der Waals surface area contributed by atoms with Crippen LogP contribution in [0.3, 0.4) is 0 Å². The van der Waals surface area contributed by atoms with Crippen molar-refractivity contribution in [2.24, 2.45) is 0 Å². The second-order valence-corrected chi connectivity index (χ2v) is 7.27. The summed E-state index contributed by atoms with van der Waals surface area (Å²) in [7, 11) is 1.77. The van der Waals surface area contributed by atoms with Gasteiger partial charge in [-0.3, -0.25) is 19.2 Å².